The Bertz CT molecular complexity index is 1030. The molecule has 0 radical (unpaired) electrons. The van der Waals surface area contributed by atoms with Crippen molar-refractivity contribution in [1.29, 1.82) is 0 Å². The van der Waals surface area contributed by atoms with Gasteiger partial charge in [0.15, 0.2) is 0 Å². The predicted octanol–water partition coefficient (Wildman–Crippen LogP) is 4.20. The van der Waals surface area contributed by atoms with Gasteiger partial charge in [-0.3, -0.25) is 14.4 Å². The van der Waals surface area contributed by atoms with Gasteiger partial charge in [-0.15, -0.1) is 0 Å². The summed E-state index contributed by atoms with van der Waals surface area (Å²) in [6.45, 7) is 3.20. The maximum atomic E-state index is 12.7. The Morgan fingerprint density at radius 2 is 1.79 bits per heavy atom. The van der Waals surface area contributed by atoms with Crippen LogP contribution in [-0.4, -0.2) is 49.9 Å². The first-order valence-corrected chi connectivity index (χ1v) is 11.2. The predicted molar refractivity (Wildman–Crippen MR) is 127 cm³/mol. The lowest BCUT2D eigenvalue weighted by atomic mass is 10.1. The summed E-state index contributed by atoms with van der Waals surface area (Å²) in [6.07, 6.45) is 2.15. The highest BCUT2D eigenvalue weighted by Crippen LogP contribution is 2.36. The molecule has 1 aliphatic rings. The summed E-state index contributed by atoms with van der Waals surface area (Å²) < 4.78 is 10.5. The Labute approximate surface area is 198 Å². The van der Waals surface area contributed by atoms with Gasteiger partial charge in [0.2, 0.25) is 11.8 Å². The van der Waals surface area contributed by atoms with E-state index >= 15 is 0 Å². The number of amides is 3. The van der Waals surface area contributed by atoms with Gasteiger partial charge in [-0.1, -0.05) is 24.9 Å². The summed E-state index contributed by atoms with van der Waals surface area (Å²) in [5, 5.41) is 5.98. The first-order chi connectivity index (χ1) is 15.9. The molecule has 0 aliphatic carbocycles. The normalized spacial score (nSPS) is 15.3. The van der Waals surface area contributed by atoms with Crippen molar-refractivity contribution in [3.63, 3.8) is 0 Å². The van der Waals surface area contributed by atoms with Crippen molar-refractivity contribution in [1.82, 2.24) is 4.90 Å². The number of hydrogen-bond acceptors (Lipinski definition) is 5. The van der Waals surface area contributed by atoms with E-state index in [1.54, 1.807) is 41.3 Å². The lowest BCUT2D eigenvalue weighted by molar-refractivity contribution is -0.128. The number of nitrogens with zero attached hydrogens (tertiary/aromatic N) is 1. The van der Waals surface area contributed by atoms with Gasteiger partial charge in [0.05, 0.1) is 30.8 Å². The van der Waals surface area contributed by atoms with Crippen molar-refractivity contribution in [2.75, 3.05) is 37.9 Å². The lowest BCUT2D eigenvalue weighted by Crippen LogP contribution is -2.29. The van der Waals surface area contributed by atoms with Crippen LogP contribution >= 0.6 is 11.6 Å². The number of ether oxygens (including phenoxy) is 2. The van der Waals surface area contributed by atoms with E-state index in [4.69, 9.17) is 21.1 Å². The van der Waals surface area contributed by atoms with Crippen molar-refractivity contribution in [3.8, 4) is 11.5 Å². The van der Waals surface area contributed by atoms with Crippen LogP contribution in [0, 0.1) is 5.92 Å². The molecule has 2 aromatic carbocycles. The minimum Gasteiger partial charge on any atom is -0.495 e. The average Bonchev–Trinajstić information content (AvgIpc) is 3.19. The fraction of sp³-hybridized carbons (Fsp3) is 0.375. The first-order valence-electron chi connectivity index (χ1n) is 10.8. The van der Waals surface area contributed by atoms with Gasteiger partial charge >= 0.3 is 0 Å². The third kappa shape index (κ3) is 5.96. The van der Waals surface area contributed by atoms with Crippen molar-refractivity contribution < 1.29 is 23.9 Å². The van der Waals surface area contributed by atoms with Gasteiger partial charge in [-0.05, 0) is 30.7 Å². The van der Waals surface area contributed by atoms with Gasteiger partial charge in [0, 0.05) is 42.9 Å². The van der Waals surface area contributed by atoms with E-state index in [1.165, 1.54) is 14.2 Å². The highest BCUT2D eigenvalue weighted by molar-refractivity contribution is 6.32. The third-order valence-corrected chi connectivity index (χ3v) is 5.80. The second kappa shape index (κ2) is 11.0. The van der Waals surface area contributed by atoms with E-state index in [-0.39, 0.29) is 30.1 Å². The number of anilines is 2. The summed E-state index contributed by atoms with van der Waals surface area (Å²) in [6, 6.07) is 9.66. The van der Waals surface area contributed by atoms with Gasteiger partial charge < -0.3 is 25.0 Å². The minimum absolute atomic E-state index is 0.0184. The zero-order chi connectivity index (χ0) is 24.0. The molecule has 0 saturated carbocycles. The van der Waals surface area contributed by atoms with Crippen molar-refractivity contribution >= 4 is 40.7 Å². The van der Waals surface area contributed by atoms with Crippen LogP contribution in [-0.2, 0) is 9.59 Å². The summed E-state index contributed by atoms with van der Waals surface area (Å²) in [4.78, 5) is 39.1. The molecule has 9 heteroatoms. The van der Waals surface area contributed by atoms with Crippen LogP contribution in [0.15, 0.2) is 36.4 Å². The molecule has 0 spiro atoms. The monoisotopic (exact) mass is 473 g/mol. The van der Waals surface area contributed by atoms with Crippen LogP contribution < -0.4 is 20.1 Å². The Morgan fingerprint density at radius 1 is 1.09 bits per heavy atom. The molecule has 2 N–H and O–H groups in total. The first kappa shape index (κ1) is 24.4. The van der Waals surface area contributed by atoms with E-state index in [2.05, 4.69) is 17.6 Å². The van der Waals surface area contributed by atoms with Gasteiger partial charge in [0.25, 0.3) is 5.91 Å². The average molecular weight is 474 g/mol. The Morgan fingerprint density at radius 3 is 2.42 bits per heavy atom. The molecule has 3 rings (SSSR count). The molecule has 2 aromatic rings. The zero-order valence-corrected chi connectivity index (χ0v) is 19.7. The van der Waals surface area contributed by atoms with E-state index in [9.17, 15) is 14.4 Å². The molecule has 33 heavy (non-hydrogen) atoms. The second-order valence-corrected chi connectivity index (χ2v) is 8.21. The highest BCUT2D eigenvalue weighted by Gasteiger charge is 2.33. The number of rotatable bonds is 9. The van der Waals surface area contributed by atoms with E-state index in [1.807, 2.05) is 0 Å². The van der Waals surface area contributed by atoms with Crippen LogP contribution in [0.2, 0.25) is 5.02 Å². The largest absolute Gasteiger partial charge is 0.495 e. The number of nitrogens with one attached hydrogen (secondary N) is 2. The fourth-order valence-electron chi connectivity index (χ4n) is 3.61. The number of carbonyl (C=O) groups excluding carboxylic acids is 3. The molecule has 1 fully saturated rings. The molecular weight excluding hydrogens is 446 g/mol. The standard InChI is InChI=1S/C24H28ClN3O5/c1-4-5-10-28-14-16(11-22(28)29)24(31)26-17-8-6-15(7-9-17)23(30)27-19-13-20(32-2)18(25)12-21(19)33-3/h6-9,12-13,16H,4-5,10-11,14H2,1-3H3,(H,26,31)(H,27,30)/t16-/m0/s1. The SMILES string of the molecule is CCCCN1C[C@@H](C(=O)Nc2ccc(C(=O)Nc3cc(OC)c(Cl)cc3OC)cc2)CC1=O. The Hall–Kier alpha value is -3.26. The lowest BCUT2D eigenvalue weighted by Gasteiger charge is -2.16. The summed E-state index contributed by atoms with van der Waals surface area (Å²) >= 11 is 6.10. The third-order valence-electron chi connectivity index (χ3n) is 5.50. The number of halogens is 1. The van der Waals surface area contributed by atoms with E-state index in [0.29, 0.717) is 46.5 Å². The number of unbranched alkanes of at least 4 members (excludes halogenated alkanes) is 1. The Balaban J connectivity index is 1.62. The topological polar surface area (TPSA) is 97.0 Å². The van der Waals surface area contributed by atoms with Crippen LogP contribution in [0.4, 0.5) is 11.4 Å². The van der Waals surface area contributed by atoms with Crippen LogP contribution in [0.3, 0.4) is 0 Å². The molecule has 1 heterocycles. The smallest absolute Gasteiger partial charge is 0.255 e. The molecule has 176 valence electrons. The second-order valence-electron chi connectivity index (χ2n) is 7.80. The number of likely N-dealkylation sites (tertiary alicyclic amines) is 1. The Kier molecular flexibility index (Phi) is 8.16. The maximum Gasteiger partial charge on any atom is 0.255 e. The number of benzene rings is 2. The van der Waals surface area contributed by atoms with Gasteiger partial charge in [-0.2, -0.15) is 0 Å². The minimum atomic E-state index is -0.371. The molecule has 8 nitrogen and oxygen atoms in total. The van der Waals surface area contributed by atoms with Crippen molar-refractivity contribution in [2.24, 2.45) is 5.92 Å². The van der Waals surface area contributed by atoms with Crippen LogP contribution in [0.25, 0.3) is 0 Å². The molecule has 1 aliphatic heterocycles. The van der Waals surface area contributed by atoms with Crippen molar-refractivity contribution in [3.05, 3.63) is 47.0 Å². The van der Waals surface area contributed by atoms with Crippen molar-refractivity contribution in [2.45, 2.75) is 26.2 Å². The van der Waals surface area contributed by atoms with Gasteiger partial charge in [0.1, 0.15) is 11.5 Å². The molecule has 1 saturated heterocycles. The van der Waals surface area contributed by atoms with E-state index < -0.39 is 0 Å². The summed E-state index contributed by atoms with van der Waals surface area (Å²) in [5.41, 5.74) is 1.37. The molecular formula is C24H28ClN3O5. The quantitative estimate of drug-likeness (QED) is 0.569. The summed E-state index contributed by atoms with van der Waals surface area (Å²) in [5.74, 6) is -0.0998. The number of carbonyl (C=O) groups is 3. The molecule has 0 bridgehead atoms. The summed E-state index contributed by atoms with van der Waals surface area (Å²) in [7, 11) is 2.96. The van der Waals surface area contributed by atoms with Crippen LogP contribution in [0.5, 0.6) is 11.5 Å². The molecule has 3 amide bonds. The number of methoxy groups -OCH3 is 2. The maximum absolute atomic E-state index is 12.7. The van der Waals surface area contributed by atoms with Gasteiger partial charge in [-0.25, -0.2) is 0 Å². The highest BCUT2D eigenvalue weighted by atomic mass is 35.5. The molecule has 1 atom stereocenters. The fourth-order valence-corrected chi connectivity index (χ4v) is 3.85. The molecule has 0 aromatic heterocycles. The molecule has 0 unspecified atom stereocenters. The zero-order valence-electron chi connectivity index (χ0n) is 18.9. The van der Waals surface area contributed by atoms with E-state index in [0.717, 1.165) is 12.8 Å². The number of hydrogen-bond donors (Lipinski definition) is 2. The van der Waals surface area contributed by atoms with Crippen LogP contribution in [0.1, 0.15) is 36.5 Å².